The largest absolute Gasteiger partial charge is 0.335 e. The molecule has 0 bridgehead atoms. The van der Waals surface area contributed by atoms with E-state index in [-0.39, 0.29) is 12.1 Å². The quantitative estimate of drug-likeness (QED) is 0.559. The van der Waals surface area contributed by atoms with Gasteiger partial charge in [0.25, 0.3) is 5.91 Å². The molecule has 0 aliphatic rings. The van der Waals surface area contributed by atoms with E-state index in [1.807, 2.05) is 13.9 Å². The van der Waals surface area contributed by atoms with Crippen LogP contribution in [0, 0.1) is 11.3 Å². The lowest BCUT2D eigenvalue weighted by Gasteiger charge is -2.17. The summed E-state index contributed by atoms with van der Waals surface area (Å²) in [6, 6.07) is 14.1. The first kappa shape index (κ1) is 20.9. The van der Waals surface area contributed by atoms with Gasteiger partial charge in [-0.15, -0.1) is 0 Å². The third kappa shape index (κ3) is 5.80. The van der Waals surface area contributed by atoms with E-state index < -0.39 is 7.60 Å². The highest BCUT2D eigenvalue weighted by atomic mass is 31.2. The standard InChI is InChI=1S/C19H22BN2O4P/c1-3-25-27(24,26-4-2)13-14-5-7-15(8-6-14)19(23)22-18-10-9-17(20)11-16(18)12-21/h5-11H,3-4,13,20H2,1-2H3,(H,22,23). The second-order valence-corrected chi connectivity index (χ2v) is 7.97. The molecule has 1 amide bonds. The van der Waals surface area contributed by atoms with Crippen LogP contribution in [0.2, 0.25) is 0 Å². The van der Waals surface area contributed by atoms with Crippen molar-refractivity contribution in [3.8, 4) is 6.07 Å². The highest BCUT2D eigenvalue weighted by Gasteiger charge is 2.24. The minimum Gasteiger partial charge on any atom is -0.321 e. The van der Waals surface area contributed by atoms with Gasteiger partial charge < -0.3 is 14.4 Å². The first-order valence-electron chi connectivity index (χ1n) is 8.70. The number of hydrogen-bond donors (Lipinski definition) is 1. The fraction of sp³-hybridized carbons (Fsp3) is 0.263. The summed E-state index contributed by atoms with van der Waals surface area (Å²) in [5, 5.41) is 12.0. The van der Waals surface area contributed by atoms with Crippen molar-refractivity contribution in [3.05, 3.63) is 59.2 Å². The Balaban J connectivity index is 2.12. The lowest BCUT2D eigenvalue weighted by Crippen LogP contribution is -2.14. The Morgan fingerprint density at radius 3 is 2.33 bits per heavy atom. The Hall–Kier alpha value is -2.39. The fourth-order valence-corrected chi connectivity index (χ4v) is 4.26. The number of carbonyl (C=O) groups excluding carboxylic acids is 1. The smallest absolute Gasteiger partial charge is 0.321 e. The van der Waals surface area contributed by atoms with Gasteiger partial charge in [0.2, 0.25) is 0 Å². The first-order chi connectivity index (χ1) is 12.9. The molecular weight excluding hydrogens is 362 g/mol. The van der Waals surface area contributed by atoms with E-state index in [4.69, 9.17) is 9.05 Å². The summed E-state index contributed by atoms with van der Waals surface area (Å²) in [6.45, 7) is 4.13. The lowest BCUT2D eigenvalue weighted by molar-refractivity contribution is 0.102. The highest BCUT2D eigenvalue weighted by Crippen LogP contribution is 2.51. The molecule has 0 radical (unpaired) electrons. The molecule has 8 heteroatoms. The number of nitriles is 1. The second kappa shape index (κ2) is 9.52. The predicted octanol–water partition coefficient (Wildman–Crippen LogP) is 2.84. The van der Waals surface area contributed by atoms with Crippen LogP contribution in [0.15, 0.2) is 42.5 Å². The highest BCUT2D eigenvalue weighted by molar-refractivity contribution is 7.53. The number of rotatable bonds is 8. The summed E-state index contributed by atoms with van der Waals surface area (Å²) in [4.78, 5) is 12.4. The van der Waals surface area contributed by atoms with Crippen molar-refractivity contribution in [3.63, 3.8) is 0 Å². The van der Waals surface area contributed by atoms with Gasteiger partial charge in [0.1, 0.15) is 13.9 Å². The van der Waals surface area contributed by atoms with Crippen LogP contribution >= 0.6 is 7.60 Å². The molecule has 0 spiro atoms. The molecule has 0 saturated carbocycles. The Bertz CT molecular complexity index is 884. The molecular formula is C19H22BN2O4P. The van der Waals surface area contributed by atoms with Gasteiger partial charge in [-0.25, -0.2) is 0 Å². The second-order valence-electron chi connectivity index (χ2n) is 5.92. The Kier molecular flexibility index (Phi) is 7.38. The zero-order valence-electron chi connectivity index (χ0n) is 15.7. The number of anilines is 1. The van der Waals surface area contributed by atoms with Gasteiger partial charge in [-0.05, 0) is 43.7 Å². The summed E-state index contributed by atoms with van der Waals surface area (Å²) in [6.07, 6.45) is 0.146. The molecule has 6 nitrogen and oxygen atoms in total. The number of nitrogens with one attached hydrogen (secondary N) is 1. The maximum absolute atomic E-state index is 12.6. The molecule has 0 heterocycles. The molecule has 0 aromatic heterocycles. The Morgan fingerprint density at radius 2 is 1.78 bits per heavy atom. The third-order valence-electron chi connectivity index (χ3n) is 3.79. The molecule has 0 aliphatic carbocycles. The van der Waals surface area contributed by atoms with Gasteiger partial charge in [-0.3, -0.25) is 9.36 Å². The van der Waals surface area contributed by atoms with Gasteiger partial charge >= 0.3 is 7.60 Å². The molecule has 140 valence electrons. The van der Waals surface area contributed by atoms with E-state index in [0.29, 0.717) is 30.0 Å². The monoisotopic (exact) mass is 384 g/mol. The van der Waals surface area contributed by atoms with Crippen molar-refractivity contribution in [1.82, 2.24) is 0 Å². The van der Waals surface area contributed by atoms with Crippen molar-refractivity contribution in [2.75, 3.05) is 18.5 Å². The Labute approximate surface area is 160 Å². The van der Waals surface area contributed by atoms with Crippen LogP contribution in [0.25, 0.3) is 0 Å². The number of hydrogen-bond acceptors (Lipinski definition) is 5. The van der Waals surface area contributed by atoms with E-state index in [1.54, 1.807) is 50.2 Å². The number of amides is 1. The minimum absolute atomic E-state index is 0.146. The zero-order valence-corrected chi connectivity index (χ0v) is 16.6. The summed E-state index contributed by atoms with van der Waals surface area (Å²) in [5.41, 5.74) is 3.02. The maximum Gasteiger partial charge on any atom is 0.335 e. The van der Waals surface area contributed by atoms with E-state index >= 15 is 0 Å². The van der Waals surface area contributed by atoms with Gasteiger partial charge in [-0.1, -0.05) is 23.7 Å². The zero-order chi connectivity index (χ0) is 19.9. The van der Waals surface area contributed by atoms with Crippen LogP contribution in [-0.2, 0) is 19.8 Å². The van der Waals surface area contributed by atoms with Crippen LogP contribution in [0.1, 0.15) is 35.3 Å². The van der Waals surface area contributed by atoms with E-state index in [2.05, 4.69) is 11.4 Å². The van der Waals surface area contributed by atoms with Crippen LogP contribution in [-0.4, -0.2) is 27.0 Å². The van der Waals surface area contributed by atoms with Crippen LogP contribution in [0.3, 0.4) is 0 Å². The summed E-state index contributed by atoms with van der Waals surface area (Å²) >= 11 is 0. The topological polar surface area (TPSA) is 88.4 Å². The SMILES string of the molecule is Bc1ccc(NC(=O)c2ccc(CP(=O)(OCC)OCC)cc2)c(C#N)c1. The molecule has 2 rings (SSSR count). The average Bonchev–Trinajstić information content (AvgIpc) is 2.64. The molecule has 2 aromatic rings. The lowest BCUT2D eigenvalue weighted by atomic mass is 9.94. The van der Waals surface area contributed by atoms with Crippen molar-refractivity contribution < 1.29 is 18.4 Å². The van der Waals surface area contributed by atoms with E-state index in [1.165, 1.54) is 0 Å². The van der Waals surface area contributed by atoms with Crippen molar-refractivity contribution in [2.24, 2.45) is 0 Å². The maximum atomic E-state index is 12.6. The molecule has 2 aromatic carbocycles. The minimum atomic E-state index is -3.19. The van der Waals surface area contributed by atoms with Gasteiger partial charge in [0, 0.05) is 5.56 Å². The molecule has 27 heavy (non-hydrogen) atoms. The van der Waals surface area contributed by atoms with Gasteiger partial charge in [0.05, 0.1) is 30.6 Å². The summed E-state index contributed by atoms with van der Waals surface area (Å²) < 4.78 is 23.2. The Morgan fingerprint density at radius 1 is 1.15 bits per heavy atom. The number of benzene rings is 2. The summed E-state index contributed by atoms with van der Waals surface area (Å²) in [5.74, 6) is -0.320. The van der Waals surface area contributed by atoms with Gasteiger partial charge in [-0.2, -0.15) is 5.26 Å². The molecule has 1 N–H and O–H groups in total. The predicted molar refractivity (Wildman–Crippen MR) is 108 cm³/mol. The molecule has 0 aliphatic heterocycles. The van der Waals surface area contributed by atoms with Crippen LogP contribution < -0.4 is 10.8 Å². The van der Waals surface area contributed by atoms with Crippen molar-refractivity contribution in [2.45, 2.75) is 20.0 Å². The summed E-state index contributed by atoms with van der Waals surface area (Å²) in [7, 11) is -1.30. The first-order valence-corrected chi connectivity index (χ1v) is 10.4. The van der Waals surface area contributed by atoms with E-state index in [0.717, 1.165) is 11.0 Å². The van der Waals surface area contributed by atoms with Gasteiger partial charge in [0.15, 0.2) is 0 Å². The normalized spacial score (nSPS) is 11.0. The van der Waals surface area contributed by atoms with E-state index in [9.17, 15) is 14.6 Å². The van der Waals surface area contributed by atoms with Crippen LogP contribution in [0.5, 0.6) is 0 Å². The number of carbonyl (C=O) groups is 1. The average molecular weight is 384 g/mol. The third-order valence-corrected chi connectivity index (χ3v) is 5.84. The van der Waals surface area contributed by atoms with Crippen molar-refractivity contribution in [1.29, 1.82) is 5.26 Å². The molecule has 0 fully saturated rings. The fourth-order valence-electron chi connectivity index (χ4n) is 2.56. The molecule has 0 saturated heterocycles. The molecule has 0 unspecified atom stereocenters. The van der Waals surface area contributed by atoms with Crippen LogP contribution in [0.4, 0.5) is 5.69 Å². The molecule has 0 atom stereocenters. The van der Waals surface area contributed by atoms with Crippen molar-refractivity contribution >= 4 is 32.5 Å². The number of nitrogens with zero attached hydrogens (tertiary/aromatic N) is 1.